The minimum Gasteiger partial charge on any atom is -0.360 e. The van der Waals surface area contributed by atoms with Gasteiger partial charge in [0.25, 0.3) is 0 Å². The van der Waals surface area contributed by atoms with Crippen molar-refractivity contribution in [3.8, 4) is 11.5 Å². The Bertz CT molecular complexity index is 1270. The number of hydrogen-bond donors (Lipinski definition) is 1. The molecular weight excluding hydrogens is 510 g/mol. The smallest absolute Gasteiger partial charge is 0.223 e. The van der Waals surface area contributed by atoms with Crippen molar-refractivity contribution in [3.63, 3.8) is 0 Å². The standard InChI is InChI=1S/C25H34BrN5O2Si/c1-15(32)30(3)20-10-19-18(9-17(20)26)27-24(28-19)23-22-16-11-25(2,12-16)13-21(22)31(29-23)14-33-7-8-34(4,5)6/h9-10,16H,7-8,11-14H2,1-6H3,(H,27,28). The number of nitrogens with zero attached hydrogens (tertiary/aromatic N) is 4. The number of hydrogen-bond acceptors (Lipinski definition) is 4. The number of rotatable bonds is 7. The van der Waals surface area contributed by atoms with Crippen molar-refractivity contribution >= 4 is 46.6 Å². The van der Waals surface area contributed by atoms with E-state index in [9.17, 15) is 4.79 Å². The van der Waals surface area contributed by atoms with Crippen LogP contribution in [-0.4, -0.2) is 47.4 Å². The lowest BCUT2D eigenvalue weighted by atomic mass is 9.54. The van der Waals surface area contributed by atoms with Gasteiger partial charge in [0.2, 0.25) is 5.91 Å². The maximum atomic E-state index is 11.9. The fourth-order valence-corrected chi connectivity index (χ4v) is 6.74. The predicted molar refractivity (Wildman–Crippen MR) is 142 cm³/mol. The number of nitrogens with one attached hydrogen (secondary N) is 1. The lowest BCUT2D eigenvalue weighted by Gasteiger charge is -2.50. The lowest BCUT2D eigenvalue weighted by molar-refractivity contribution is -0.116. The summed E-state index contributed by atoms with van der Waals surface area (Å²) in [4.78, 5) is 21.9. The second kappa shape index (κ2) is 8.31. The molecule has 1 N–H and O–H groups in total. The first-order valence-electron chi connectivity index (χ1n) is 12.1. The monoisotopic (exact) mass is 543 g/mol. The van der Waals surface area contributed by atoms with E-state index in [0.29, 0.717) is 18.1 Å². The molecular formula is C25H34BrN5O2Si. The third-order valence-corrected chi connectivity index (χ3v) is 9.74. The van der Waals surface area contributed by atoms with Crippen LogP contribution in [0, 0.1) is 5.41 Å². The Hall–Kier alpha value is -1.97. The van der Waals surface area contributed by atoms with Gasteiger partial charge >= 0.3 is 0 Å². The van der Waals surface area contributed by atoms with E-state index in [-0.39, 0.29) is 5.91 Å². The summed E-state index contributed by atoms with van der Waals surface area (Å²) in [5, 5.41) is 5.04. The molecule has 1 amide bonds. The largest absolute Gasteiger partial charge is 0.360 e. The zero-order valence-electron chi connectivity index (χ0n) is 21.0. The van der Waals surface area contributed by atoms with Gasteiger partial charge in [-0.15, -0.1) is 0 Å². The van der Waals surface area contributed by atoms with Crippen molar-refractivity contribution in [3.05, 3.63) is 27.9 Å². The highest BCUT2D eigenvalue weighted by Crippen LogP contribution is 2.59. The fraction of sp³-hybridized carbons (Fsp3) is 0.560. The molecule has 6 rings (SSSR count). The molecule has 0 spiro atoms. The summed E-state index contributed by atoms with van der Waals surface area (Å²) in [7, 11) is 0.644. The highest BCUT2D eigenvalue weighted by atomic mass is 79.9. The van der Waals surface area contributed by atoms with Crippen molar-refractivity contribution in [2.24, 2.45) is 5.41 Å². The molecule has 3 aromatic rings. The summed E-state index contributed by atoms with van der Waals surface area (Å²) in [5.74, 6) is 1.31. The van der Waals surface area contributed by atoms with Gasteiger partial charge in [-0.2, -0.15) is 5.10 Å². The number of anilines is 1. The van der Waals surface area contributed by atoms with E-state index in [1.54, 1.807) is 18.9 Å². The zero-order chi connectivity index (χ0) is 24.4. The molecule has 9 heteroatoms. The summed E-state index contributed by atoms with van der Waals surface area (Å²) in [6, 6.07) is 5.09. The highest BCUT2D eigenvalue weighted by Gasteiger charge is 2.49. The summed E-state index contributed by atoms with van der Waals surface area (Å²) in [6.07, 6.45) is 3.48. The first kappa shape index (κ1) is 23.8. The number of aromatic amines is 1. The van der Waals surface area contributed by atoms with Gasteiger partial charge in [-0.25, -0.2) is 9.67 Å². The van der Waals surface area contributed by atoms with Gasteiger partial charge in [0.15, 0.2) is 5.82 Å². The van der Waals surface area contributed by atoms with Crippen LogP contribution in [0.4, 0.5) is 5.69 Å². The molecule has 2 bridgehead atoms. The number of H-pyrrole nitrogens is 1. The van der Waals surface area contributed by atoms with E-state index < -0.39 is 8.07 Å². The molecule has 3 aliphatic rings. The van der Waals surface area contributed by atoms with E-state index in [0.717, 1.165) is 51.8 Å². The molecule has 0 atom stereocenters. The third kappa shape index (κ3) is 4.26. The number of carbonyl (C=O) groups is 1. The molecule has 3 aliphatic carbocycles. The Morgan fingerprint density at radius 1 is 1.35 bits per heavy atom. The average Bonchev–Trinajstić information content (AvgIpc) is 3.29. The molecule has 1 fully saturated rings. The van der Waals surface area contributed by atoms with Gasteiger partial charge < -0.3 is 14.6 Å². The van der Waals surface area contributed by atoms with Crippen molar-refractivity contribution in [2.45, 2.75) is 71.4 Å². The second-order valence-corrected chi connectivity index (χ2v) is 18.1. The normalized spacial score (nSPS) is 21.4. The Kier molecular flexibility index (Phi) is 5.80. The van der Waals surface area contributed by atoms with Crippen LogP contribution in [0.5, 0.6) is 0 Å². The number of carbonyl (C=O) groups excluding carboxylic acids is 1. The SMILES string of the molecule is CC(=O)N(C)c1cc2nc(-c3nn(COCC[Si](C)(C)C)c4c3C3CC(C)(C4)C3)[nH]c2cc1Br. The Morgan fingerprint density at radius 3 is 2.76 bits per heavy atom. The molecule has 182 valence electrons. The summed E-state index contributed by atoms with van der Waals surface area (Å²) in [6.45, 7) is 12.3. The molecule has 0 aliphatic heterocycles. The first-order chi connectivity index (χ1) is 15.9. The third-order valence-electron chi connectivity index (χ3n) is 7.40. The lowest BCUT2D eigenvalue weighted by Crippen LogP contribution is -2.40. The highest BCUT2D eigenvalue weighted by molar-refractivity contribution is 9.10. The fourth-order valence-electron chi connectivity index (χ4n) is 5.38. The van der Waals surface area contributed by atoms with Crippen LogP contribution in [0.25, 0.3) is 22.6 Å². The number of benzene rings is 1. The van der Waals surface area contributed by atoms with Crippen molar-refractivity contribution in [1.29, 1.82) is 0 Å². The average molecular weight is 545 g/mol. The van der Waals surface area contributed by atoms with Crippen LogP contribution in [-0.2, 0) is 22.7 Å². The zero-order valence-corrected chi connectivity index (χ0v) is 23.5. The van der Waals surface area contributed by atoms with Crippen LogP contribution in [0.3, 0.4) is 0 Å². The molecule has 0 unspecified atom stereocenters. The molecule has 0 saturated heterocycles. The van der Waals surface area contributed by atoms with E-state index in [2.05, 4.69) is 52.2 Å². The second-order valence-electron chi connectivity index (χ2n) is 11.6. The van der Waals surface area contributed by atoms with E-state index >= 15 is 0 Å². The van der Waals surface area contributed by atoms with Crippen LogP contribution < -0.4 is 4.90 Å². The van der Waals surface area contributed by atoms with E-state index in [1.165, 1.54) is 24.1 Å². The topological polar surface area (TPSA) is 76.0 Å². The predicted octanol–water partition coefficient (Wildman–Crippen LogP) is 5.92. The molecule has 2 aromatic heterocycles. The quantitative estimate of drug-likeness (QED) is 0.296. The molecule has 1 saturated carbocycles. The molecule has 34 heavy (non-hydrogen) atoms. The maximum Gasteiger partial charge on any atom is 0.223 e. The van der Waals surface area contributed by atoms with Crippen LogP contribution in [0.2, 0.25) is 25.7 Å². The van der Waals surface area contributed by atoms with Gasteiger partial charge in [0, 0.05) is 44.4 Å². The van der Waals surface area contributed by atoms with Gasteiger partial charge in [-0.1, -0.05) is 26.6 Å². The van der Waals surface area contributed by atoms with Gasteiger partial charge in [0.1, 0.15) is 12.4 Å². The summed E-state index contributed by atoms with van der Waals surface area (Å²) >= 11 is 3.61. The number of amides is 1. The minimum absolute atomic E-state index is 0.0224. The minimum atomic E-state index is -1.13. The van der Waals surface area contributed by atoms with Gasteiger partial charge in [0.05, 0.1) is 16.7 Å². The Balaban J connectivity index is 1.50. The van der Waals surface area contributed by atoms with Crippen LogP contribution >= 0.6 is 15.9 Å². The molecule has 0 radical (unpaired) electrons. The van der Waals surface area contributed by atoms with E-state index in [1.807, 2.05) is 12.1 Å². The number of fused-ring (bicyclic) bond motifs is 1. The number of aromatic nitrogens is 4. The summed E-state index contributed by atoms with van der Waals surface area (Å²) in [5.41, 5.74) is 6.54. The molecule has 7 nitrogen and oxygen atoms in total. The number of imidazole rings is 1. The van der Waals surface area contributed by atoms with Gasteiger partial charge in [-0.3, -0.25) is 4.79 Å². The maximum absolute atomic E-state index is 11.9. The first-order valence-corrected chi connectivity index (χ1v) is 16.6. The number of halogens is 1. The number of ether oxygens (including phenoxy) is 1. The summed E-state index contributed by atoms with van der Waals surface area (Å²) < 4.78 is 9.03. The van der Waals surface area contributed by atoms with Crippen LogP contribution in [0.1, 0.15) is 43.9 Å². The van der Waals surface area contributed by atoms with E-state index in [4.69, 9.17) is 14.8 Å². The molecule has 2 heterocycles. The molecule has 1 aromatic carbocycles. The van der Waals surface area contributed by atoms with Gasteiger partial charge in [-0.05, 0) is 64.7 Å². The van der Waals surface area contributed by atoms with Crippen molar-refractivity contribution < 1.29 is 9.53 Å². The van der Waals surface area contributed by atoms with Crippen LogP contribution in [0.15, 0.2) is 16.6 Å². The van der Waals surface area contributed by atoms with Crippen molar-refractivity contribution in [2.75, 3.05) is 18.6 Å². The van der Waals surface area contributed by atoms with Crippen molar-refractivity contribution in [1.82, 2.24) is 19.7 Å². The Labute approximate surface area is 210 Å². The Morgan fingerprint density at radius 2 is 2.09 bits per heavy atom.